The van der Waals surface area contributed by atoms with Gasteiger partial charge in [-0.15, -0.1) is 0 Å². The zero-order chi connectivity index (χ0) is 13.1. The van der Waals surface area contributed by atoms with Crippen LogP contribution in [0.2, 0.25) is 0 Å². The summed E-state index contributed by atoms with van der Waals surface area (Å²) in [6, 6.07) is 2.06. The van der Waals surface area contributed by atoms with Gasteiger partial charge in [-0.25, -0.2) is 0 Å². The highest BCUT2D eigenvalue weighted by atomic mass is 79.9. The highest BCUT2D eigenvalue weighted by molar-refractivity contribution is 9.10. The van der Waals surface area contributed by atoms with Crippen LogP contribution in [0.3, 0.4) is 0 Å². The molecule has 1 aromatic rings. The molecule has 4 heteroatoms. The molecule has 18 heavy (non-hydrogen) atoms. The third-order valence-corrected chi connectivity index (χ3v) is 4.50. The van der Waals surface area contributed by atoms with Crippen LogP contribution in [0.1, 0.15) is 30.4 Å². The van der Waals surface area contributed by atoms with E-state index >= 15 is 0 Å². The number of halogens is 1. The number of methoxy groups -OCH3 is 2. The van der Waals surface area contributed by atoms with Gasteiger partial charge in [0.15, 0.2) is 11.5 Å². The monoisotopic (exact) mass is 313 g/mol. The zero-order valence-corrected chi connectivity index (χ0v) is 12.8. The predicted octanol–water partition coefficient (Wildman–Crippen LogP) is 3.11. The molecule has 1 atom stereocenters. The van der Waals surface area contributed by atoms with Crippen molar-refractivity contribution in [3.05, 3.63) is 21.7 Å². The maximum absolute atomic E-state index is 5.58. The second kappa shape index (κ2) is 5.93. The lowest BCUT2D eigenvalue weighted by atomic mass is 9.94. The molecule has 0 aromatic heterocycles. The standard InChI is InChI=1S/C14H20BrNO2/c1-4-9-7-11(17-2)14(18-3)12(13(9)15)10-5-6-16-8-10/h7,10,16H,4-6,8H2,1-3H3. The van der Waals surface area contributed by atoms with Crippen LogP contribution in [-0.2, 0) is 6.42 Å². The first-order valence-electron chi connectivity index (χ1n) is 6.36. The summed E-state index contributed by atoms with van der Waals surface area (Å²) < 4.78 is 12.2. The Morgan fingerprint density at radius 1 is 1.39 bits per heavy atom. The van der Waals surface area contributed by atoms with Gasteiger partial charge in [-0.3, -0.25) is 0 Å². The minimum Gasteiger partial charge on any atom is -0.493 e. The van der Waals surface area contributed by atoms with Crippen molar-refractivity contribution in [2.24, 2.45) is 0 Å². The number of nitrogens with one attached hydrogen (secondary N) is 1. The molecule has 1 unspecified atom stereocenters. The average molecular weight is 314 g/mol. The highest BCUT2D eigenvalue weighted by Gasteiger charge is 2.26. The first kappa shape index (κ1) is 13.7. The van der Waals surface area contributed by atoms with Gasteiger partial charge >= 0.3 is 0 Å². The normalized spacial score (nSPS) is 19.0. The first-order valence-corrected chi connectivity index (χ1v) is 7.16. The SMILES string of the molecule is CCc1cc(OC)c(OC)c(C2CCNC2)c1Br. The summed E-state index contributed by atoms with van der Waals surface area (Å²) in [5.74, 6) is 2.20. The Balaban J connectivity index is 2.57. The van der Waals surface area contributed by atoms with Gasteiger partial charge in [0.25, 0.3) is 0 Å². The Morgan fingerprint density at radius 2 is 2.17 bits per heavy atom. The van der Waals surface area contributed by atoms with Gasteiger partial charge in [0.2, 0.25) is 0 Å². The van der Waals surface area contributed by atoms with Gasteiger partial charge in [-0.2, -0.15) is 0 Å². The molecule has 1 fully saturated rings. The summed E-state index contributed by atoms with van der Waals surface area (Å²) in [4.78, 5) is 0. The van der Waals surface area contributed by atoms with Crippen LogP contribution >= 0.6 is 15.9 Å². The molecule has 1 aliphatic rings. The number of aryl methyl sites for hydroxylation is 1. The fraction of sp³-hybridized carbons (Fsp3) is 0.571. The van der Waals surface area contributed by atoms with Crippen molar-refractivity contribution in [1.82, 2.24) is 5.32 Å². The molecule has 1 heterocycles. The predicted molar refractivity (Wildman–Crippen MR) is 76.9 cm³/mol. The minimum atomic E-state index is 0.495. The second-order valence-electron chi connectivity index (χ2n) is 4.54. The topological polar surface area (TPSA) is 30.5 Å². The molecule has 0 amide bonds. The van der Waals surface area contributed by atoms with Crippen molar-refractivity contribution in [1.29, 1.82) is 0 Å². The van der Waals surface area contributed by atoms with Gasteiger partial charge in [0.1, 0.15) is 0 Å². The highest BCUT2D eigenvalue weighted by Crippen LogP contribution is 2.44. The van der Waals surface area contributed by atoms with E-state index in [9.17, 15) is 0 Å². The van der Waals surface area contributed by atoms with Crippen molar-refractivity contribution in [2.45, 2.75) is 25.7 Å². The van der Waals surface area contributed by atoms with E-state index in [0.29, 0.717) is 5.92 Å². The largest absolute Gasteiger partial charge is 0.493 e. The van der Waals surface area contributed by atoms with E-state index in [2.05, 4.69) is 34.2 Å². The first-order chi connectivity index (χ1) is 8.72. The molecule has 0 aliphatic carbocycles. The molecule has 0 saturated carbocycles. The van der Waals surface area contributed by atoms with E-state index in [1.165, 1.54) is 15.6 Å². The zero-order valence-electron chi connectivity index (χ0n) is 11.2. The van der Waals surface area contributed by atoms with E-state index in [1.54, 1.807) is 14.2 Å². The molecule has 1 N–H and O–H groups in total. The molecule has 1 aliphatic heterocycles. The Hall–Kier alpha value is -0.740. The van der Waals surface area contributed by atoms with Gasteiger partial charge < -0.3 is 14.8 Å². The van der Waals surface area contributed by atoms with Crippen molar-refractivity contribution in [2.75, 3.05) is 27.3 Å². The summed E-state index contributed by atoms with van der Waals surface area (Å²) in [6.45, 7) is 4.23. The van der Waals surface area contributed by atoms with E-state index in [-0.39, 0.29) is 0 Å². The number of benzene rings is 1. The molecular weight excluding hydrogens is 294 g/mol. The fourth-order valence-electron chi connectivity index (χ4n) is 2.58. The second-order valence-corrected chi connectivity index (χ2v) is 5.34. The summed E-state index contributed by atoms with van der Waals surface area (Å²) in [5.41, 5.74) is 2.52. The van der Waals surface area contributed by atoms with Crippen LogP contribution in [0, 0.1) is 0 Å². The molecule has 0 radical (unpaired) electrons. The van der Waals surface area contributed by atoms with Crippen LogP contribution in [0.4, 0.5) is 0 Å². The Kier molecular flexibility index (Phi) is 4.51. The van der Waals surface area contributed by atoms with Crippen LogP contribution in [0.5, 0.6) is 11.5 Å². The molecule has 2 rings (SSSR count). The molecule has 0 spiro atoms. The lowest BCUT2D eigenvalue weighted by Gasteiger charge is -2.21. The smallest absolute Gasteiger partial charge is 0.165 e. The average Bonchev–Trinajstić information content (AvgIpc) is 2.91. The quantitative estimate of drug-likeness (QED) is 0.926. The summed E-state index contributed by atoms with van der Waals surface area (Å²) >= 11 is 3.74. The number of hydrogen-bond donors (Lipinski definition) is 1. The maximum Gasteiger partial charge on any atom is 0.165 e. The van der Waals surface area contributed by atoms with Gasteiger partial charge in [-0.05, 0) is 31.0 Å². The maximum atomic E-state index is 5.58. The van der Waals surface area contributed by atoms with E-state index in [1.807, 2.05) is 0 Å². The summed E-state index contributed by atoms with van der Waals surface area (Å²) in [7, 11) is 3.41. The molecule has 1 saturated heterocycles. The van der Waals surface area contributed by atoms with E-state index < -0.39 is 0 Å². The van der Waals surface area contributed by atoms with Gasteiger partial charge in [-0.1, -0.05) is 22.9 Å². The van der Waals surface area contributed by atoms with Gasteiger partial charge in [0.05, 0.1) is 14.2 Å². The van der Waals surface area contributed by atoms with Gasteiger partial charge in [0, 0.05) is 22.5 Å². The Labute approximate surface area is 117 Å². The van der Waals surface area contributed by atoms with Crippen molar-refractivity contribution in [3.8, 4) is 11.5 Å². The lowest BCUT2D eigenvalue weighted by molar-refractivity contribution is 0.349. The number of hydrogen-bond acceptors (Lipinski definition) is 3. The van der Waals surface area contributed by atoms with Crippen molar-refractivity contribution >= 4 is 15.9 Å². The van der Waals surface area contributed by atoms with Crippen LogP contribution in [-0.4, -0.2) is 27.3 Å². The summed E-state index contributed by atoms with van der Waals surface area (Å²) in [6.07, 6.45) is 2.12. The molecule has 100 valence electrons. The van der Waals surface area contributed by atoms with E-state index in [0.717, 1.165) is 37.4 Å². The third kappa shape index (κ3) is 2.36. The van der Waals surface area contributed by atoms with Crippen LogP contribution in [0.15, 0.2) is 10.5 Å². The summed E-state index contributed by atoms with van der Waals surface area (Å²) in [5, 5.41) is 3.41. The fourth-order valence-corrected chi connectivity index (χ4v) is 3.48. The number of rotatable bonds is 4. The number of ether oxygens (including phenoxy) is 2. The molecule has 3 nitrogen and oxygen atoms in total. The lowest BCUT2D eigenvalue weighted by Crippen LogP contribution is -2.10. The van der Waals surface area contributed by atoms with Crippen LogP contribution in [0.25, 0.3) is 0 Å². The third-order valence-electron chi connectivity index (χ3n) is 3.57. The van der Waals surface area contributed by atoms with Crippen molar-refractivity contribution < 1.29 is 9.47 Å². The minimum absolute atomic E-state index is 0.495. The molecule has 0 bridgehead atoms. The Morgan fingerprint density at radius 3 is 2.67 bits per heavy atom. The van der Waals surface area contributed by atoms with Crippen molar-refractivity contribution in [3.63, 3.8) is 0 Å². The molecule has 1 aromatic carbocycles. The Bertz CT molecular complexity index is 428. The molecular formula is C14H20BrNO2. The van der Waals surface area contributed by atoms with E-state index in [4.69, 9.17) is 9.47 Å². The van der Waals surface area contributed by atoms with Crippen LogP contribution < -0.4 is 14.8 Å².